The molecule has 0 atom stereocenters. The maximum atomic E-state index is 4.95. The molecule has 2 aromatic heterocycles. The summed E-state index contributed by atoms with van der Waals surface area (Å²) < 4.78 is 1.37. The predicted octanol–water partition coefficient (Wildman–Crippen LogP) is 6.36. The third-order valence-electron chi connectivity index (χ3n) is 6.95. The lowest BCUT2D eigenvalue weighted by Crippen LogP contribution is -2.20. The van der Waals surface area contributed by atoms with Crippen LogP contribution in [0.4, 0.5) is 0 Å². The molecule has 2 aliphatic rings. The van der Waals surface area contributed by atoms with Gasteiger partial charge in [-0.15, -0.1) is 11.3 Å². The zero-order chi connectivity index (χ0) is 18.5. The molecule has 0 bridgehead atoms. The Morgan fingerprint density at radius 1 is 0.889 bits per heavy atom. The number of nitrogens with zero attached hydrogens (tertiary/aromatic N) is 2. The lowest BCUT2D eigenvalue weighted by molar-refractivity contribution is 0.403. The number of pyridine rings is 1. The van der Waals surface area contributed by atoms with Crippen LogP contribution in [0.25, 0.3) is 10.2 Å². The van der Waals surface area contributed by atoms with Crippen molar-refractivity contribution in [2.45, 2.75) is 102 Å². The molecule has 4 heteroatoms. The van der Waals surface area contributed by atoms with Gasteiger partial charge in [0.1, 0.15) is 0 Å². The average molecular weight is 382 g/mol. The van der Waals surface area contributed by atoms with Gasteiger partial charge < -0.3 is 0 Å². The standard InChI is InChI=1S/C23H35BN2S/c1-17-9-7-13-19(14-8-10-17)24-23-26-21-16-25-20(15-22(21)27-23)18-11-5-3-2-4-6-12-18/h15-19,24H,2-14H2,1H3. The Bertz CT molecular complexity index is 710. The molecule has 2 heterocycles. The lowest BCUT2D eigenvalue weighted by atomic mass is 9.60. The molecule has 0 spiro atoms. The van der Waals surface area contributed by atoms with Gasteiger partial charge in [-0.2, -0.15) is 0 Å². The molecule has 2 aromatic rings. The van der Waals surface area contributed by atoms with Gasteiger partial charge in [-0.3, -0.25) is 9.97 Å². The second-order valence-electron chi connectivity index (χ2n) is 9.26. The van der Waals surface area contributed by atoms with Crippen LogP contribution in [0.1, 0.15) is 102 Å². The van der Waals surface area contributed by atoms with Gasteiger partial charge in [0.15, 0.2) is 7.28 Å². The summed E-state index contributed by atoms with van der Waals surface area (Å²) in [5.74, 6) is 2.45. The normalized spacial score (nSPS) is 26.1. The van der Waals surface area contributed by atoms with Crippen LogP contribution in [-0.2, 0) is 0 Å². The Labute approximate surface area is 169 Å². The third kappa shape index (κ3) is 5.34. The fraction of sp³-hybridized carbons (Fsp3) is 0.739. The van der Waals surface area contributed by atoms with E-state index in [0.717, 1.165) is 17.3 Å². The van der Waals surface area contributed by atoms with Gasteiger partial charge >= 0.3 is 0 Å². The Kier molecular flexibility index (Phi) is 6.86. The van der Waals surface area contributed by atoms with Gasteiger partial charge in [-0.25, -0.2) is 0 Å². The van der Waals surface area contributed by atoms with Crippen molar-refractivity contribution in [1.29, 1.82) is 0 Å². The highest BCUT2D eigenvalue weighted by molar-refractivity contribution is 7.26. The Morgan fingerprint density at radius 3 is 2.33 bits per heavy atom. The van der Waals surface area contributed by atoms with E-state index in [2.05, 4.69) is 19.2 Å². The second kappa shape index (κ2) is 9.54. The molecule has 146 valence electrons. The van der Waals surface area contributed by atoms with E-state index < -0.39 is 0 Å². The fourth-order valence-electron chi connectivity index (χ4n) is 5.21. The maximum Gasteiger partial charge on any atom is 0.199 e. The van der Waals surface area contributed by atoms with Gasteiger partial charge in [0, 0.05) is 11.6 Å². The summed E-state index contributed by atoms with van der Waals surface area (Å²) in [5, 5.41) is 0. The van der Waals surface area contributed by atoms with Crippen LogP contribution in [0.2, 0.25) is 5.82 Å². The second-order valence-corrected chi connectivity index (χ2v) is 10.4. The molecule has 0 saturated heterocycles. The molecular weight excluding hydrogens is 347 g/mol. The van der Waals surface area contributed by atoms with Crippen molar-refractivity contribution in [1.82, 2.24) is 9.97 Å². The van der Waals surface area contributed by atoms with Crippen molar-refractivity contribution in [2.75, 3.05) is 0 Å². The summed E-state index contributed by atoms with van der Waals surface area (Å²) in [7, 11) is 1.19. The van der Waals surface area contributed by atoms with Crippen LogP contribution in [0, 0.1) is 5.92 Å². The Morgan fingerprint density at radius 2 is 1.59 bits per heavy atom. The Balaban J connectivity index is 1.44. The highest BCUT2D eigenvalue weighted by atomic mass is 32.1. The minimum absolute atomic E-state index is 0.674. The number of hydrogen-bond donors (Lipinski definition) is 0. The first-order valence-electron chi connectivity index (χ1n) is 11.5. The van der Waals surface area contributed by atoms with Crippen molar-refractivity contribution in [3.8, 4) is 0 Å². The summed E-state index contributed by atoms with van der Waals surface area (Å²) in [6.45, 7) is 2.43. The van der Waals surface area contributed by atoms with E-state index in [9.17, 15) is 0 Å². The predicted molar refractivity (Wildman–Crippen MR) is 120 cm³/mol. The largest absolute Gasteiger partial charge is 0.259 e. The fourth-order valence-corrected chi connectivity index (χ4v) is 6.31. The quantitative estimate of drug-likeness (QED) is 0.577. The van der Waals surface area contributed by atoms with Crippen LogP contribution in [0.3, 0.4) is 0 Å². The summed E-state index contributed by atoms with van der Waals surface area (Å²) in [6.07, 6.45) is 20.1. The zero-order valence-electron chi connectivity index (χ0n) is 17.1. The molecule has 27 heavy (non-hydrogen) atoms. The topological polar surface area (TPSA) is 25.8 Å². The monoisotopic (exact) mass is 382 g/mol. The number of fused-ring (bicyclic) bond motifs is 1. The highest BCUT2D eigenvalue weighted by Crippen LogP contribution is 2.32. The van der Waals surface area contributed by atoms with Gasteiger partial charge in [0.05, 0.1) is 21.3 Å². The first-order valence-corrected chi connectivity index (χ1v) is 12.3. The van der Waals surface area contributed by atoms with Crippen molar-refractivity contribution in [3.05, 3.63) is 18.0 Å². The molecule has 4 rings (SSSR count). The minimum atomic E-state index is 0.674. The van der Waals surface area contributed by atoms with Gasteiger partial charge in [-0.05, 0) is 24.8 Å². The van der Waals surface area contributed by atoms with E-state index in [1.54, 1.807) is 0 Å². The summed E-state index contributed by atoms with van der Waals surface area (Å²) in [5.41, 5.74) is 2.46. The van der Waals surface area contributed by atoms with Crippen molar-refractivity contribution >= 4 is 33.7 Å². The first-order chi connectivity index (χ1) is 13.3. The number of hydrogen-bond acceptors (Lipinski definition) is 3. The number of thiazole rings is 1. The van der Waals surface area contributed by atoms with Gasteiger partial charge in [-0.1, -0.05) is 83.4 Å². The highest BCUT2D eigenvalue weighted by Gasteiger charge is 2.20. The summed E-state index contributed by atoms with van der Waals surface area (Å²) in [6, 6.07) is 2.38. The molecule has 2 aliphatic carbocycles. The molecule has 2 fully saturated rings. The molecule has 0 amide bonds. The number of aromatic nitrogens is 2. The SMILES string of the molecule is CC1CCCC(Bc2nc3cnc(C4CCCCCCC4)cc3s2)CCC1. The Hall–Kier alpha value is -0.895. The third-order valence-corrected chi connectivity index (χ3v) is 7.99. The van der Waals surface area contributed by atoms with E-state index in [1.807, 2.05) is 11.3 Å². The van der Waals surface area contributed by atoms with Crippen LogP contribution < -0.4 is 4.91 Å². The summed E-state index contributed by atoms with van der Waals surface area (Å²) in [4.78, 5) is 11.1. The number of rotatable bonds is 3. The molecule has 0 aliphatic heterocycles. The van der Waals surface area contributed by atoms with Crippen molar-refractivity contribution < 1.29 is 0 Å². The lowest BCUT2D eigenvalue weighted by Gasteiger charge is -2.21. The van der Waals surface area contributed by atoms with Crippen molar-refractivity contribution in [3.63, 3.8) is 0 Å². The zero-order valence-corrected chi connectivity index (χ0v) is 17.9. The van der Waals surface area contributed by atoms with Crippen LogP contribution in [-0.4, -0.2) is 17.2 Å². The smallest absolute Gasteiger partial charge is 0.199 e. The van der Waals surface area contributed by atoms with Crippen LogP contribution in [0.15, 0.2) is 12.3 Å². The van der Waals surface area contributed by atoms with E-state index in [1.165, 1.54) is 106 Å². The summed E-state index contributed by atoms with van der Waals surface area (Å²) >= 11 is 1.94. The van der Waals surface area contributed by atoms with Crippen molar-refractivity contribution in [2.24, 2.45) is 5.92 Å². The van der Waals surface area contributed by atoms with Gasteiger partial charge in [0.2, 0.25) is 0 Å². The molecule has 0 radical (unpaired) electrons. The van der Waals surface area contributed by atoms with E-state index in [4.69, 9.17) is 9.97 Å². The maximum absolute atomic E-state index is 4.95. The van der Waals surface area contributed by atoms with Crippen LogP contribution in [0.5, 0.6) is 0 Å². The van der Waals surface area contributed by atoms with Crippen LogP contribution >= 0.6 is 11.3 Å². The van der Waals surface area contributed by atoms with E-state index in [0.29, 0.717) is 5.92 Å². The van der Waals surface area contributed by atoms with E-state index >= 15 is 0 Å². The van der Waals surface area contributed by atoms with Gasteiger partial charge in [0.25, 0.3) is 0 Å². The minimum Gasteiger partial charge on any atom is -0.259 e. The average Bonchev–Trinajstić information content (AvgIpc) is 3.01. The molecule has 0 unspecified atom stereocenters. The molecule has 2 nitrogen and oxygen atoms in total. The molecule has 2 saturated carbocycles. The van der Waals surface area contributed by atoms with E-state index in [-0.39, 0.29) is 0 Å². The first kappa shape index (κ1) is 19.4. The molecule has 0 N–H and O–H groups in total. The molecular formula is C23H35BN2S. The molecule has 0 aromatic carbocycles.